The van der Waals surface area contributed by atoms with Crippen molar-refractivity contribution in [3.05, 3.63) is 33.7 Å². The van der Waals surface area contributed by atoms with Gasteiger partial charge >= 0.3 is 0 Å². The van der Waals surface area contributed by atoms with Gasteiger partial charge in [0.05, 0.1) is 4.90 Å². The summed E-state index contributed by atoms with van der Waals surface area (Å²) in [6, 6.07) is 4.82. The maximum atomic E-state index is 12.0. The average molecular weight is 334 g/mol. The lowest BCUT2D eigenvalue weighted by molar-refractivity contribution is 0.601. The van der Waals surface area contributed by atoms with Crippen LogP contribution in [0, 0.1) is 6.92 Å². The first-order valence-electron chi connectivity index (χ1n) is 4.54. The lowest BCUT2D eigenvalue weighted by Gasteiger charge is -2.06. The van der Waals surface area contributed by atoms with Crippen molar-refractivity contribution in [2.75, 3.05) is 4.72 Å². The fraction of sp³-hybridized carbons (Fsp3) is 0.111. The summed E-state index contributed by atoms with van der Waals surface area (Å²) in [6.07, 6.45) is 0. The van der Waals surface area contributed by atoms with Crippen LogP contribution in [0.4, 0.5) is 5.13 Å². The first-order chi connectivity index (χ1) is 7.99. The van der Waals surface area contributed by atoms with Crippen molar-refractivity contribution in [1.82, 2.24) is 10.2 Å². The van der Waals surface area contributed by atoms with E-state index in [1.807, 2.05) is 6.92 Å². The number of nitrogens with zero attached hydrogens (tertiary/aromatic N) is 2. The molecular formula is C9H8BrN3O2S2. The molecule has 0 saturated carbocycles. The number of aryl methyl sites for hydroxylation is 1. The van der Waals surface area contributed by atoms with Crippen molar-refractivity contribution >= 4 is 42.4 Å². The van der Waals surface area contributed by atoms with Crippen molar-refractivity contribution in [2.45, 2.75) is 11.8 Å². The van der Waals surface area contributed by atoms with E-state index in [0.717, 1.165) is 21.4 Å². The van der Waals surface area contributed by atoms with E-state index >= 15 is 0 Å². The van der Waals surface area contributed by atoms with Crippen LogP contribution in [0.2, 0.25) is 0 Å². The molecule has 0 radical (unpaired) electrons. The second kappa shape index (κ2) is 4.71. The van der Waals surface area contributed by atoms with Crippen LogP contribution in [0.5, 0.6) is 0 Å². The lowest BCUT2D eigenvalue weighted by Crippen LogP contribution is -2.13. The molecule has 1 aromatic heterocycles. The van der Waals surface area contributed by atoms with E-state index in [4.69, 9.17) is 0 Å². The zero-order chi connectivity index (χ0) is 12.5. The van der Waals surface area contributed by atoms with Gasteiger partial charge in [0.1, 0.15) is 5.51 Å². The van der Waals surface area contributed by atoms with Crippen LogP contribution < -0.4 is 4.72 Å². The molecule has 0 unspecified atom stereocenters. The molecule has 2 rings (SSSR count). The molecule has 0 spiro atoms. The number of hydrogen-bond acceptors (Lipinski definition) is 5. The molecule has 0 fully saturated rings. The quantitative estimate of drug-likeness (QED) is 0.936. The molecule has 0 amide bonds. The molecular weight excluding hydrogens is 326 g/mol. The summed E-state index contributed by atoms with van der Waals surface area (Å²) >= 11 is 4.45. The highest BCUT2D eigenvalue weighted by Crippen LogP contribution is 2.22. The Hall–Kier alpha value is -0.990. The number of nitrogens with one attached hydrogen (secondary N) is 1. The Labute approximate surface area is 111 Å². The number of hydrogen-bond donors (Lipinski definition) is 1. The highest BCUT2D eigenvalue weighted by Gasteiger charge is 2.16. The molecule has 17 heavy (non-hydrogen) atoms. The summed E-state index contributed by atoms with van der Waals surface area (Å²) in [5.41, 5.74) is 2.31. The molecule has 0 aliphatic heterocycles. The molecule has 0 bridgehead atoms. The van der Waals surface area contributed by atoms with E-state index in [0.29, 0.717) is 0 Å². The maximum Gasteiger partial charge on any atom is 0.263 e. The summed E-state index contributed by atoms with van der Waals surface area (Å²) in [6.45, 7) is 1.83. The highest BCUT2D eigenvalue weighted by molar-refractivity contribution is 9.10. The van der Waals surface area contributed by atoms with Gasteiger partial charge in [-0.25, -0.2) is 8.42 Å². The van der Waals surface area contributed by atoms with E-state index in [1.54, 1.807) is 12.1 Å². The number of aromatic nitrogens is 2. The third-order valence-corrected chi connectivity index (χ3v) is 4.98. The molecule has 8 heteroatoms. The number of benzene rings is 1. The molecule has 5 nitrogen and oxygen atoms in total. The van der Waals surface area contributed by atoms with E-state index in [9.17, 15) is 8.42 Å². The Kier molecular flexibility index (Phi) is 3.45. The SMILES string of the molecule is Cc1cc(S(=O)(=O)Nc2nncs2)ccc1Br. The fourth-order valence-electron chi connectivity index (χ4n) is 1.18. The van der Waals surface area contributed by atoms with Gasteiger partial charge in [-0.15, -0.1) is 10.2 Å². The minimum absolute atomic E-state index is 0.202. The number of halogens is 1. The van der Waals surface area contributed by atoms with E-state index < -0.39 is 10.0 Å². The molecule has 0 aliphatic carbocycles. The Bertz CT molecular complexity index is 626. The van der Waals surface area contributed by atoms with Gasteiger partial charge in [-0.2, -0.15) is 0 Å². The molecule has 1 heterocycles. The summed E-state index contributed by atoms with van der Waals surface area (Å²) in [5, 5.41) is 7.46. The van der Waals surface area contributed by atoms with Gasteiger partial charge in [0, 0.05) is 4.47 Å². The van der Waals surface area contributed by atoms with Crippen LogP contribution in [-0.2, 0) is 10.0 Å². The van der Waals surface area contributed by atoms with Crippen molar-refractivity contribution in [3.8, 4) is 0 Å². The van der Waals surface area contributed by atoms with E-state index in [1.165, 1.54) is 11.6 Å². The Morgan fingerprint density at radius 2 is 2.18 bits per heavy atom. The second-order valence-corrected chi connectivity index (χ2v) is 6.63. The van der Waals surface area contributed by atoms with Crippen LogP contribution in [-0.4, -0.2) is 18.6 Å². The van der Waals surface area contributed by atoms with Crippen LogP contribution in [0.3, 0.4) is 0 Å². The Balaban J connectivity index is 2.35. The van der Waals surface area contributed by atoms with Crippen LogP contribution in [0.25, 0.3) is 0 Å². The average Bonchev–Trinajstić information content (AvgIpc) is 2.73. The van der Waals surface area contributed by atoms with Gasteiger partial charge in [-0.1, -0.05) is 27.3 Å². The third kappa shape index (κ3) is 2.82. The monoisotopic (exact) mass is 333 g/mol. The normalized spacial score (nSPS) is 11.4. The highest BCUT2D eigenvalue weighted by atomic mass is 79.9. The lowest BCUT2D eigenvalue weighted by atomic mass is 10.2. The van der Waals surface area contributed by atoms with Crippen LogP contribution >= 0.6 is 27.3 Å². The minimum atomic E-state index is -3.59. The summed E-state index contributed by atoms with van der Waals surface area (Å²) < 4.78 is 27.2. The molecule has 0 saturated heterocycles. The summed E-state index contributed by atoms with van der Waals surface area (Å²) in [7, 11) is -3.59. The maximum absolute atomic E-state index is 12.0. The van der Waals surface area contributed by atoms with Gasteiger partial charge < -0.3 is 0 Å². The predicted octanol–water partition coefficient (Wildman–Crippen LogP) is 2.41. The van der Waals surface area contributed by atoms with Crippen molar-refractivity contribution in [3.63, 3.8) is 0 Å². The van der Waals surface area contributed by atoms with Crippen molar-refractivity contribution < 1.29 is 8.42 Å². The number of sulfonamides is 1. The standard InChI is InChI=1S/C9H8BrN3O2S2/c1-6-4-7(2-3-8(6)10)17(14,15)13-9-12-11-5-16-9/h2-5H,1H3,(H,12,13). The fourth-order valence-corrected chi connectivity index (χ4v) is 3.20. The van der Waals surface area contributed by atoms with Gasteiger partial charge in [-0.05, 0) is 30.7 Å². The Morgan fingerprint density at radius 3 is 2.76 bits per heavy atom. The van der Waals surface area contributed by atoms with E-state index in [-0.39, 0.29) is 10.0 Å². The van der Waals surface area contributed by atoms with Crippen molar-refractivity contribution in [1.29, 1.82) is 0 Å². The first-order valence-corrected chi connectivity index (χ1v) is 7.70. The second-order valence-electron chi connectivity index (χ2n) is 3.26. The number of anilines is 1. The zero-order valence-electron chi connectivity index (χ0n) is 8.71. The minimum Gasteiger partial charge on any atom is -0.253 e. The van der Waals surface area contributed by atoms with Crippen LogP contribution in [0.1, 0.15) is 5.56 Å². The molecule has 0 aliphatic rings. The predicted molar refractivity (Wildman–Crippen MR) is 69.6 cm³/mol. The topological polar surface area (TPSA) is 72.0 Å². The smallest absolute Gasteiger partial charge is 0.253 e. The Morgan fingerprint density at radius 1 is 1.41 bits per heavy atom. The third-order valence-electron chi connectivity index (χ3n) is 2.02. The largest absolute Gasteiger partial charge is 0.263 e. The molecule has 2 aromatic rings. The summed E-state index contributed by atoms with van der Waals surface area (Å²) in [4.78, 5) is 0.202. The van der Waals surface area contributed by atoms with Gasteiger partial charge in [0.2, 0.25) is 5.13 Å². The van der Waals surface area contributed by atoms with Gasteiger partial charge in [0.15, 0.2) is 0 Å². The zero-order valence-corrected chi connectivity index (χ0v) is 11.9. The molecule has 1 N–H and O–H groups in total. The molecule has 0 atom stereocenters. The first kappa shape index (κ1) is 12.5. The molecule has 1 aromatic carbocycles. The van der Waals surface area contributed by atoms with E-state index in [2.05, 4.69) is 30.8 Å². The van der Waals surface area contributed by atoms with Crippen LogP contribution in [0.15, 0.2) is 33.1 Å². The van der Waals surface area contributed by atoms with Crippen molar-refractivity contribution in [2.24, 2.45) is 0 Å². The van der Waals surface area contributed by atoms with Gasteiger partial charge in [-0.3, -0.25) is 4.72 Å². The molecule has 90 valence electrons. The van der Waals surface area contributed by atoms with Gasteiger partial charge in [0.25, 0.3) is 10.0 Å². The summed E-state index contributed by atoms with van der Waals surface area (Å²) in [5.74, 6) is 0. The number of rotatable bonds is 3.